The third-order valence-corrected chi connectivity index (χ3v) is 4.38. The monoisotopic (exact) mass is 330 g/mol. The Morgan fingerprint density at radius 3 is 2.75 bits per heavy atom. The normalized spacial score (nSPS) is 18.9. The lowest BCUT2D eigenvalue weighted by molar-refractivity contribution is 0.00898. The van der Waals surface area contributed by atoms with Gasteiger partial charge in [0, 0.05) is 24.5 Å². The predicted octanol–water partition coefficient (Wildman–Crippen LogP) is 3.81. The molecule has 1 aliphatic rings. The van der Waals surface area contributed by atoms with Gasteiger partial charge in [-0.3, -0.25) is 4.90 Å². The van der Waals surface area contributed by atoms with Crippen molar-refractivity contribution in [3.63, 3.8) is 0 Å². The summed E-state index contributed by atoms with van der Waals surface area (Å²) in [4.78, 5) is 19.0. The van der Waals surface area contributed by atoms with Gasteiger partial charge in [-0.15, -0.1) is 0 Å². The number of rotatable bonds is 1. The second-order valence-electron chi connectivity index (χ2n) is 7.57. The minimum absolute atomic E-state index is 0.0455. The minimum atomic E-state index is -0.492. The van der Waals surface area contributed by atoms with Crippen molar-refractivity contribution in [2.24, 2.45) is 0 Å². The lowest BCUT2D eigenvalue weighted by Gasteiger charge is -2.35. The van der Waals surface area contributed by atoms with E-state index in [-0.39, 0.29) is 12.1 Å². The van der Waals surface area contributed by atoms with Gasteiger partial charge >= 0.3 is 6.09 Å². The highest BCUT2D eigenvalue weighted by Gasteiger charge is 2.33. The van der Waals surface area contributed by atoms with Crippen molar-refractivity contribution in [2.45, 2.75) is 65.5 Å². The summed E-state index contributed by atoms with van der Waals surface area (Å²) < 4.78 is 7.38. The molecule has 130 valence electrons. The van der Waals surface area contributed by atoms with Crippen LogP contribution in [0.3, 0.4) is 0 Å². The number of likely N-dealkylation sites (tertiary alicyclic amines) is 1. The highest BCUT2D eigenvalue weighted by atomic mass is 16.6. The van der Waals surface area contributed by atoms with E-state index < -0.39 is 5.60 Å². The maximum absolute atomic E-state index is 12.6. The summed E-state index contributed by atoms with van der Waals surface area (Å²) in [5.41, 5.74) is 3.32. The number of nitrogens with zero attached hydrogens (tertiary/aromatic N) is 4. The first-order valence-corrected chi connectivity index (χ1v) is 8.58. The molecule has 6 heteroatoms. The summed E-state index contributed by atoms with van der Waals surface area (Å²) in [6, 6.07) is 1.94. The van der Waals surface area contributed by atoms with E-state index in [4.69, 9.17) is 4.74 Å². The summed E-state index contributed by atoms with van der Waals surface area (Å²) in [6.45, 7) is 10.4. The molecule has 3 rings (SSSR count). The summed E-state index contributed by atoms with van der Waals surface area (Å²) in [6.07, 6.45) is 4.72. The molecule has 0 spiro atoms. The number of carbonyl (C=O) groups excluding carboxylic acids is 1. The van der Waals surface area contributed by atoms with E-state index >= 15 is 0 Å². The van der Waals surface area contributed by atoms with E-state index in [1.54, 1.807) is 4.52 Å². The third kappa shape index (κ3) is 3.37. The number of aryl methyl sites for hydroxylation is 2. The van der Waals surface area contributed by atoms with Crippen LogP contribution in [0.25, 0.3) is 5.65 Å². The van der Waals surface area contributed by atoms with Crippen LogP contribution >= 0.6 is 0 Å². The molecule has 6 nitrogen and oxygen atoms in total. The zero-order valence-electron chi connectivity index (χ0n) is 15.2. The quantitative estimate of drug-likeness (QED) is 0.798. The van der Waals surface area contributed by atoms with Crippen LogP contribution in [0.1, 0.15) is 63.0 Å². The van der Waals surface area contributed by atoms with Gasteiger partial charge in [0.05, 0.1) is 11.7 Å². The third-order valence-electron chi connectivity index (χ3n) is 4.38. The van der Waals surface area contributed by atoms with Crippen LogP contribution in [-0.2, 0) is 4.74 Å². The van der Waals surface area contributed by atoms with Crippen molar-refractivity contribution < 1.29 is 9.53 Å². The Labute approximate surface area is 142 Å². The Balaban J connectivity index is 1.91. The predicted molar refractivity (Wildman–Crippen MR) is 92.0 cm³/mol. The number of fused-ring (bicyclic) bond motifs is 1. The van der Waals surface area contributed by atoms with E-state index in [0.717, 1.165) is 41.9 Å². The fourth-order valence-electron chi connectivity index (χ4n) is 3.06. The Kier molecular flexibility index (Phi) is 4.24. The van der Waals surface area contributed by atoms with E-state index in [2.05, 4.69) is 10.1 Å². The Hall–Kier alpha value is -2.11. The van der Waals surface area contributed by atoms with E-state index in [0.29, 0.717) is 6.54 Å². The van der Waals surface area contributed by atoms with Gasteiger partial charge in [-0.2, -0.15) is 5.10 Å². The molecule has 3 heterocycles. The number of carbonyl (C=O) groups is 1. The van der Waals surface area contributed by atoms with Gasteiger partial charge in [0.25, 0.3) is 0 Å². The molecule has 0 radical (unpaired) electrons. The average Bonchev–Trinajstić information content (AvgIpc) is 2.88. The second-order valence-corrected chi connectivity index (χ2v) is 7.57. The zero-order valence-corrected chi connectivity index (χ0v) is 15.2. The smallest absolute Gasteiger partial charge is 0.410 e. The van der Waals surface area contributed by atoms with Crippen molar-refractivity contribution in [3.05, 3.63) is 29.2 Å². The van der Waals surface area contributed by atoms with Crippen molar-refractivity contribution in [3.8, 4) is 0 Å². The fourth-order valence-corrected chi connectivity index (χ4v) is 3.06. The topological polar surface area (TPSA) is 59.7 Å². The van der Waals surface area contributed by atoms with Crippen molar-refractivity contribution in [1.29, 1.82) is 0 Å². The minimum Gasteiger partial charge on any atom is -0.444 e. The van der Waals surface area contributed by atoms with Gasteiger partial charge in [0.15, 0.2) is 5.65 Å². The summed E-state index contributed by atoms with van der Waals surface area (Å²) >= 11 is 0. The summed E-state index contributed by atoms with van der Waals surface area (Å²) in [5, 5.41) is 4.67. The van der Waals surface area contributed by atoms with Crippen LogP contribution in [-0.4, -0.2) is 37.7 Å². The Morgan fingerprint density at radius 1 is 1.29 bits per heavy atom. The molecular weight excluding hydrogens is 304 g/mol. The number of aromatic nitrogens is 3. The largest absolute Gasteiger partial charge is 0.444 e. The highest BCUT2D eigenvalue weighted by Crippen LogP contribution is 2.32. The number of hydrogen-bond acceptors (Lipinski definition) is 4. The van der Waals surface area contributed by atoms with Crippen LogP contribution < -0.4 is 0 Å². The maximum atomic E-state index is 12.6. The molecule has 0 saturated carbocycles. The van der Waals surface area contributed by atoms with Crippen LogP contribution in [0.5, 0.6) is 0 Å². The number of hydrogen-bond donors (Lipinski definition) is 0. The standard InChI is InChI=1S/C18H26N4O2/c1-12-11-22-16(19-13(12)2)10-14(20-22)15-8-6-7-9-21(15)17(23)24-18(3,4)5/h10-11,15H,6-9H2,1-5H3/t15-/m0/s1. The molecule has 2 aromatic rings. The van der Waals surface area contributed by atoms with Gasteiger partial charge in [-0.05, 0) is 59.4 Å². The Bertz CT molecular complexity index is 721. The lowest BCUT2D eigenvalue weighted by atomic mass is 10.00. The first-order valence-electron chi connectivity index (χ1n) is 8.58. The first-order chi connectivity index (χ1) is 11.2. The van der Waals surface area contributed by atoms with Gasteiger partial charge in [-0.1, -0.05) is 0 Å². The molecule has 0 unspecified atom stereocenters. The van der Waals surface area contributed by atoms with Gasteiger partial charge in [0.1, 0.15) is 5.60 Å². The second kappa shape index (κ2) is 6.07. The molecule has 0 aliphatic carbocycles. The highest BCUT2D eigenvalue weighted by molar-refractivity contribution is 5.69. The van der Waals surface area contributed by atoms with E-state index in [9.17, 15) is 4.79 Å². The van der Waals surface area contributed by atoms with E-state index in [1.165, 1.54) is 0 Å². The number of piperidine rings is 1. The van der Waals surface area contributed by atoms with E-state index in [1.807, 2.05) is 51.8 Å². The lowest BCUT2D eigenvalue weighted by Crippen LogP contribution is -2.42. The zero-order chi connectivity index (χ0) is 17.5. The van der Waals surface area contributed by atoms with Crippen LogP contribution in [0, 0.1) is 13.8 Å². The molecule has 2 aromatic heterocycles. The molecule has 1 fully saturated rings. The molecular formula is C18H26N4O2. The van der Waals surface area contributed by atoms with Crippen molar-refractivity contribution in [1.82, 2.24) is 19.5 Å². The molecule has 0 bridgehead atoms. The molecule has 1 atom stereocenters. The van der Waals surface area contributed by atoms with Crippen LogP contribution in [0.15, 0.2) is 12.3 Å². The van der Waals surface area contributed by atoms with Gasteiger partial charge in [-0.25, -0.2) is 14.3 Å². The SMILES string of the molecule is Cc1cn2nc([C@@H]3CCCCN3C(=O)OC(C)(C)C)cc2nc1C. The van der Waals surface area contributed by atoms with Crippen LogP contribution in [0.4, 0.5) is 4.79 Å². The molecule has 1 aliphatic heterocycles. The molecule has 24 heavy (non-hydrogen) atoms. The first kappa shape index (κ1) is 16.7. The van der Waals surface area contributed by atoms with Crippen molar-refractivity contribution >= 4 is 11.7 Å². The number of amides is 1. The average molecular weight is 330 g/mol. The summed E-state index contributed by atoms with van der Waals surface area (Å²) in [5.74, 6) is 0. The summed E-state index contributed by atoms with van der Waals surface area (Å²) in [7, 11) is 0. The molecule has 0 aromatic carbocycles. The molecule has 1 saturated heterocycles. The Morgan fingerprint density at radius 2 is 2.04 bits per heavy atom. The molecule has 1 amide bonds. The fraction of sp³-hybridized carbons (Fsp3) is 0.611. The maximum Gasteiger partial charge on any atom is 0.410 e. The van der Waals surface area contributed by atoms with Gasteiger partial charge in [0.2, 0.25) is 0 Å². The van der Waals surface area contributed by atoms with Crippen LogP contribution in [0.2, 0.25) is 0 Å². The molecule has 0 N–H and O–H groups in total. The van der Waals surface area contributed by atoms with Gasteiger partial charge < -0.3 is 4.74 Å². The number of ether oxygens (including phenoxy) is 1. The van der Waals surface area contributed by atoms with Crippen molar-refractivity contribution in [2.75, 3.05) is 6.54 Å².